The monoisotopic (exact) mass is 372 g/mol. The second kappa shape index (κ2) is 5.65. The zero-order chi connectivity index (χ0) is 18.8. The van der Waals surface area contributed by atoms with Crippen LogP contribution in [0.3, 0.4) is 0 Å². The Morgan fingerprint density at radius 2 is 1.46 bits per heavy atom. The molecule has 142 valence electrons. The van der Waals surface area contributed by atoms with Gasteiger partial charge in [-0.15, -0.1) is 0 Å². The minimum absolute atomic E-state index is 0.0761. The highest BCUT2D eigenvalue weighted by atomic mass is 28.4. The molecule has 0 aromatic heterocycles. The molecule has 1 saturated heterocycles. The lowest BCUT2D eigenvalue weighted by Gasteiger charge is -2.55. The third-order valence-corrected chi connectivity index (χ3v) is 12.1. The van der Waals surface area contributed by atoms with Crippen LogP contribution < -0.4 is 0 Å². The van der Waals surface area contributed by atoms with E-state index in [0.717, 1.165) is 19.4 Å². The van der Waals surface area contributed by atoms with E-state index >= 15 is 0 Å². The van der Waals surface area contributed by atoms with Gasteiger partial charge < -0.3 is 13.6 Å². The van der Waals surface area contributed by atoms with Crippen molar-refractivity contribution in [2.24, 2.45) is 5.41 Å². The van der Waals surface area contributed by atoms with Crippen molar-refractivity contribution in [2.45, 2.75) is 109 Å². The van der Waals surface area contributed by atoms with Crippen LogP contribution in [0.2, 0.25) is 37.8 Å². The smallest absolute Gasteiger partial charge is 0.192 e. The van der Waals surface area contributed by atoms with Crippen LogP contribution in [-0.4, -0.2) is 40.5 Å². The fraction of sp³-hybridized carbons (Fsp3) is 1.00. The number of hydrogen-bond donors (Lipinski definition) is 0. The van der Waals surface area contributed by atoms with Gasteiger partial charge in [0.25, 0.3) is 0 Å². The molecule has 0 radical (unpaired) electrons. The molecule has 5 heteroatoms. The summed E-state index contributed by atoms with van der Waals surface area (Å²) >= 11 is 0. The first kappa shape index (κ1) is 20.6. The first-order chi connectivity index (χ1) is 10.4. The molecule has 24 heavy (non-hydrogen) atoms. The Labute approximate surface area is 152 Å². The van der Waals surface area contributed by atoms with E-state index in [1.807, 2.05) is 0 Å². The van der Waals surface area contributed by atoms with Crippen LogP contribution >= 0.6 is 0 Å². The van der Waals surface area contributed by atoms with Gasteiger partial charge in [0.15, 0.2) is 16.6 Å². The lowest BCUT2D eigenvalue weighted by molar-refractivity contribution is -0.130. The zero-order valence-electron chi connectivity index (χ0n) is 17.9. The number of ether oxygens (including phenoxy) is 1. The Kier molecular flexibility index (Phi) is 4.86. The van der Waals surface area contributed by atoms with E-state index in [4.69, 9.17) is 13.6 Å². The SMILES string of the molecule is CC1(C)C[C@@H](O[Si](C)(C)C(C)(C)C)C[C@](C)(O[Si](C)(C)C)[C@@]12CO2. The highest BCUT2D eigenvalue weighted by Gasteiger charge is 2.71. The van der Waals surface area contributed by atoms with Crippen LogP contribution in [-0.2, 0) is 13.6 Å². The summed E-state index contributed by atoms with van der Waals surface area (Å²) in [5.74, 6) is 0. The molecule has 0 N–H and O–H groups in total. The van der Waals surface area contributed by atoms with Crippen molar-refractivity contribution in [3.8, 4) is 0 Å². The lowest BCUT2D eigenvalue weighted by Crippen LogP contribution is -2.64. The summed E-state index contributed by atoms with van der Waals surface area (Å²) in [4.78, 5) is 0. The summed E-state index contributed by atoms with van der Waals surface area (Å²) in [6.07, 6.45) is 2.27. The lowest BCUT2D eigenvalue weighted by atomic mass is 9.61. The molecule has 0 unspecified atom stereocenters. The maximum absolute atomic E-state index is 6.83. The molecule has 1 heterocycles. The van der Waals surface area contributed by atoms with E-state index < -0.39 is 16.6 Å². The van der Waals surface area contributed by atoms with Crippen molar-refractivity contribution in [2.75, 3.05) is 6.61 Å². The summed E-state index contributed by atoms with van der Waals surface area (Å²) in [7, 11) is -3.46. The molecule has 2 rings (SSSR count). The van der Waals surface area contributed by atoms with Crippen LogP contribution in [0.5, 0.6) is 0 Å². The first-order valence-corrected chi connectivity index (χ1v) is 15.8. The van der Waals surface area contributed by atoms with Crippen molar-refractivity contribution in [3.63, 3.8) is 0 Å². The van der Waals surface area contributed by atoms with Gasteiger partial charge in [-0.1, -0.05) is 34.6 Å². The molecule has 0 amide bonds. The molecule has 1 saturated carbocycles. The number of epoxide rings is 1. The van der Waals surface area contributed by atoms with Crippen LogP contribution in [0.15, 0.2) is 0 Å². The Morgan fingerprint density at radius 3 is 1.83 bits per heavy atom. The fourth-order valence-corrected chi connectivity index (χ4v) is 7.32. The van der Waals surface area contributed by atoms with Crippen LogP contribution in [0, 0.1) is 5.41 Å². The van der Waals surface area contributed by atoms with Crippen molar-refractivity contribution < 1.29 is 13.6 Å². The summed E-state index contributed by atoms with van der Waals surface area (Å²) in [5, 5.41) is 0.235. The van der Waals surface area contributed by atoms with Gasteiger partial charge in [-0.3, -0.25) is 0 Å². The third kappa shape index (κ3) is 3.57. The molecule has 1 aliphatic heterocycles. The second-order valence-corrected chi connectivity index (χ2v) is 20.5. The number of hydrogen-bond acceptors (Lipinski definition) is 3. The topological polar surface area (TPSA) is 31.0 Å². The maximum Gasteiger partial charge on any atom is 0.192 e. The highest BCUT2D eigenvalue weighted by Crippen LogP contribution is 2.61. The van der Waals surface area contributed by atoms with Crippen LogP contribution in [0.1, 0.15) is 54.4 Å². The van der Waals surface area contributed by atoms with Gasteiger partial charge >= 0.3 is 0 Å². The Hall–Kier alpha value is 0.314. The standard InChI is InChI=1S/C19H40O3Si2/c1-16(2,3)24(10,11)21-15-12-17(4,5)19(14-20-19)18(6,13-15)22-23(7,8)9/h15H,12-14H2,1-11H3/t15-,18+,19-/m1/s1. The van der Waals surface area contributed by atoms with Crippen LogP contribution in [0.25, 0.3) is 0 Å². The molecule has 3 nitrogen and oxygen atoms in total. The largest absolute Gasteiger partial charge is 0.414 e. The summed E-state index contributed by atoms with van der Waals surface area (Å²) in [6, 6.07) is 0. The van der Waals surface area contributed by atoms with E-state index in [1.165, 1.54) is 0 Å². The molecule has 0 aromatic carbocycles. The third-order valence-electron chi connectivity index (χ3n) is 6.53. The normalized spacial score (nSPS) is 36.9. The predicted octanol–water partition coefficient (Wildman–Crippen LogP) is 5.58. The van der Waals surface area contributed by atoms with Gasteiger partial charge in [0, 0.05) is 17.9 Å². The highest BCUT2D eigenvalue weighted by molar-refractivity contribution is 6.74. The summed E-state index contributed by atoms with van der Waals surface area (Å²) < 4.78 is 19.7. The van der Waals surface area contributed by atoms with Gasteiger partial charge in [0.05, 0.1) is 12.2 Å². The predicted molar refractivity (Wildman–Crippen MR) is 107 cm³/mol. The quantitative estimate of drug-likeness (QED) is 0.477. The maximum atomic E-state index is 6.83. The van der Waals surface area contributed by atoms with E-state index in [0.29, 0.717) is 0 Å². The van der Waals surface area contributed by atoms with E-state index in [2.05, 4.69) is 74.3 Å². The van der Waals surface area contributed by atoms with Gasteiger partial charge in [-0.2, -0.15) is 0 Å². The average molecular weight is 373 g/mol. The molecule has 3 atom stereocenters. The molecular weight excluding hydrogens is 332 g/mol. The number of rotatable bonds is 4. The van der Waals surface area contributed by atoms with Crippen molar-refractivity contribution in [1.29, 1.82) is 0 Å². The first-order valence-electron chi connectivity index (χ1n) is 9.47. The molecule has 0 aromatic rings. The van der Waals surface area contributed by atoms with Crippen molar-refractivity contribution in [3.05, 3.63) is 0 Å². The van der Waals surface area contributed by atoms with Gasteiger partial charge in [-0.25, -0.2) is 0 Å². The molecular formula is C19H40O3Si2. The van der Waals surface area contributed by atoms with E-state index in [-0.39, 0.29) is 27.8 Å². The minimum Gasteiger partial charge on any atom is -0.414 e. The van der Waals surface area contributed by atoms with Crippen molar-refractivity contribution in [1.82, 2.24) is 0 Å². The molecule has 0 bridgehead atoms. The Morgan fingerprint density at radius 1 is 0.958 bits per heavy atom. The Bertz CT molecular complexity index is 484. The average Bonchev–Trinajstić information content (AvgIpc) is 3.01. The second-order valence-electron chi connectivity index (χ2n) is 11.4. The molecule has 1 spiro atoms. The summed E-state index contributed by atoms with van der Waals surface area (Å²) in [5.41, 5.74) is -0.299. The minimum atomic E-state index is -1.79. The Balaban J connectivity index is 2.29. The molecule has 2 aliphatic rings. The van der Waals surface area contributed by atoms with E-state index in [9.17, 15) is 0 Å². The van der Waals surface area contributed by atoms with Gasteiger partial charge in [0.1, 0.15) is 5.60 Å². The van der Waals surface area contributed by atoms with Crippen molar-refractivity contribution >= 4 is 16.6 Å². The van der Waals surface area contributed by atoms with Gasteiger partial charge in [0.2, 0.25) is 0 Å². The fourth-order valence-electron chi connectivity index (χ4n) is 4.37. The molecule has 1 aliphatic carbocycles. The molecule has 2 fully saturated rings. The van der Waals surface area contributed by atoms with Gasteiger partial charge in [-0.05, 0) is 51.1 Å². The zero-order valence-corrected chi connectivity index (χ0v) is 19.9. The summed E-state index contributed by atoms with van der Waals surface area (Å²) in [6.45, 7) is 26.3. The van der Waals surface area contributed by atoms with Crippen LogP contribution in [0.4, 0.5) is 0 Å². The van der Waals surface area contributed by atoms with E-state index in [1.54, 1.807) is 0 Å².